The van der Waals surface area contributed by atoms with Crippen LogP contribution >= 0.6 is 0 Å². The number of hydrogen-bond donors (Lipinski definition) is 0. The monoisotopic (exact) mass is 427 g/mol. The minimum Gasteiger partial charge on any atom is -0.293 e. The van der Waals surface area contributed by atoms with Crippen LogP contribution < -0.4 is 0 Å². The van der Waals surface area contributed by atoms with Crippen molar-refractivity contribution in [2.24, 2.45) is 0 Å². The van der Waals surface area contributed by atoms with Crippen LogP contribution in [0, 0.1) is 0 Å². The molecule has 0 saturated heterocycles. The summed E-state index contributed by atoms with van der Waals surface area (Å²) in [6.07, 6.45) is 4.62. The maximum absolute atomic E-state index is 13.0. The van der Waals surface area contributed by atoms with Crippen molar-refractivity contribution in [2.45, 2.75) is 50.6 Å². The first-order chi connectivity index (χ1) is 14.9. The van der Waals surface area contributed by atoms with Crippen molar-refractivity contribution in [3.8, 4) is 0 Å². The Balaban J connectivity index is 1.35. The Hall–Kier alpha value is -2.40. The number of carbonyl (C=O) groups excluding carboxylic acids is 1. The van der Waals surface area contributed by atoms with Crippen LogP contribution in [0.5, 0.6) is 0 Å². The van der Waals surface area contributed by atoms with Gasteiger partial charge in [0.25, 0.3) is 0 Å². The van der Waals surface area contributed by atoms with Gasteiger partial charge in [0, 0.05) is 18.7 Å². The summed E-state index contributed by atoms with van der Waals surface area (Å²) in [5, 5.41) is 0. The highest BCUT2D eigenvalue weighted by Crippen LogP contribution is 2.33. The second-order valence-corrected chi connectivity index (χ2v) is 8.67. The van der Waals surface area contributed by atoms with E-state index in [1.807, 2.05) is 18.2 Å². The van der Waals surface area contributed by atoms with Gasteiger partial charge in [-0.05, 0) is 54.0 Å². The summed E-state index contributed by atoms with van der Waals surface area (Å²) in [6, 6.07) is 13.6. The summed E-state index contributed by atoms with van der Waals surface area (Å²) >= 11 is 0. The molecule has 1 aliphatic heterocycles. The Labute approximate surface area is 181 Å². The summed E-state index contributed by atoms with van der Waals surface area (Å²) < 4.78 is 38.9. The van der Waals surface area contributed by atoms with E-state index in [0.717, 1.165) is 17.2 Å². The molecular weight excluding hydrogens is 399 g/mol. The fraction of sp³-hybridized carbons (Fsp3) is 0.423. The maximum Gasteiger partial charge on any atom is 0.416 e. The zero-order valence-electron chi connectivity index (χ0n) is 17.6. The van der Waals surface area contributed by atoms with Crippen LogP contribution in [0.3, 0.4) is 0 Å². The van der Waals surface area contributed by atoms with E-state index >= 15 is 0 Å². The molecule has 5 heteroatoms. The second kappa shape index (κ2) is 9.39. The van der Waals surface area contributed by atoms with Crippen LogP contribution in [-0.4, -0.2) is 30.3 Å². The average Bonchev–Trinajstić information content (AvgIpc) is 2.80. The van der Waals surface area contributed by atoms with Crippen molar-refractivity contribution < 1.29 is 18.0 Å². The lowest BCUT2D eigenvalue weighted by Gasteiger charge is -2.26. The van der Waals surface area contributed by atoms with E-state index in [1.54, 1.807) is 6.07 Å². The largest absolute Gasteiger partial charge is 0.416 e. The molecule has 0 N–H and O–H groups in total. The first kappa shape index (κ1) is 21.8. The van der Waals surface area contributed by atoms with E-state index in [9.17, 15) is 18.0 Å². The van der Waals surface area contributed by atoms with Crippen molar-refractivity contribution in [2.75, 3.05) is 19.6 Å². The van der Waals surface area contributed by atoms with Gasteiger partial charge in [-0.2, -0.15) is 13.2 Å². The normalized spacial score (nSPS) is 18.6. The van der Waals surface area contributed by atoms with Crippen LogP contribution in [0.2, 0.25) is 0 Å². The lowest BCUT2D eigenvalue weighted by Crippen LogP contribution is -2.33. The van der Waals surface area contributed by atoms with Gasteiger partial charge in [0.05, 0.1) is 12.1 Å². The molecule has 1 fully saturated rings. The van der Waals surface area contributed by atoms with Crippen LogP contribution in [0.15, 0.2) is 54.6 Å². The lowest BCUT2D eigenvalue weighted by molar-refractivity contribution is -0.137. The number of hydrogen-bond acceptors (Lipinski definition) is 2. The van der Waals surface area contributed by atoms with Gasteiger partial charge in [-0.1, -0.05) is 61.7 Å². The van der Waals surface area contributed by atoms with Crippen LogP contribution in [0.25, 0.3) is 5.57 Å². The Bertz CT molecular complexity index is 940. The van der Waals surface area contributed by atoms with Crippen molar-refractivity contribution >= 4 is 11.4 Å². The minimum atomic E-state index is -4.34. The van der Waals surface area contributed by atoms with E-state index in [-0.39, 0.29) is 5.78 Å². The van der Waals surface area contributed by atoms with Gasteiger partial charge < -0.3 is 0 Å². The van der Waals surface area contributed by atoms with Crippen LogP contribution in [0.4, 0.5) is 13.2 Å². The molecule has 1 heterocycles. The third-order valence-corrected chi connectivity index (χ3v) is 6.53. The fourth-order valence-corrected chi connectivity index (χ4v) is 4.68. The van der Waals surface area contributed by atoms with Crippen molar-refractivity contribution in [3.05, 3.63) is 76.9 Å². The molecule has 4 rings (SSSR count). The topological polar surface area (TPSA) is 20.3 Å². The van der Waals surface area contributed by atoms with Crippen LogP contribution in [-0.2, 0) is 6.18 Å². The highest BCUT2D eigenvalue weighted by Gasteiger charge is 2.30. The number of rotatable bonds is 5. The zero-order chi connectivity index (χ0) is 21.8. The van der Waals surface area contributed by atoms with E-state index in [0.29, 0.717) is 37.5 Å². The lowest BCUT2D eigenvalue weighted by atomic mass is 9.84. The second-order valence-electron chi connectivity index (χ2n) is 8.67. The third kappa shape index (κ3) is 5.45. The summed E-state index contributed by atoms with van der Waals surface area (Å²) in [5.41, 5.74) is 2.96. The van der Waals surface area contributed by atoms with E-state index in [1.165, 1.54) is 49.8 Å². The molecule has 2 nitrogen and oxygen atoms in total. The number of nitrogens with zero attached hydrogens (tertiary/aromatic N) is 1. The van der Waals surface area contributed by atoms with Gasteiger partial charge in [-0.3, -0.25) is 9.69 Å². The highest BCUT2D eigenvalue weighted by atomic mass is 19.4. The van der Waals surface area contributed by atoms with Gasteiger partial charge in [-0.25, -0.2) is 0 Å². The number of carbonyl (C=O) groups is 1. The molecule has 0 atom stereocenters. The SMILES string of the molecule is O=C(CN1CC=C(c2cccc(C(F)(F)F)c2)CC1)c1ccc(C2CCCCC2)cc1. The molecule has 1 saturated carbocycles. The van der Waals surface area contributed by atoms with Crippen molar-refractivity contribution in [1.82, 2.24) is 4.90 Å². The molecular formula is C26H28F3NO. The standard InChI is InChI=1S/C26H28F3NO/c27-26(28,29)24-8-4-7-23(17-24)21-13-15-30(16-14-21)18-25(31)22-11-9-20(10-12-22)19-5-2-1-3-6-19/h4,7-13,17,19H,1-3,5-6,14-16,18H2. The van der Waals surface area contributed by atoms with Gasteiger partial charge in [-0.15, -0.1) is 0 Å². The molecule has 1 aliphatic carbocycles. The average molecular weight is 428 g/mol. The molecule has 0 bridgehead atoms. The third-order valence-electron chi connectivity index (χ3n) is 6.53. The van der Waals surface area contributed by atoms with Gasteiger partial charge >= 0.3 is 6.18 Å². The van der Waals surface area contributed by atoms with Gasteiger partial charge in [0.2, 0.25) is 0 Å². The predicted octanol–water partition coefficient (Wildman–Crippen LogP) is 6.73. The molecule has 0 aromatic heterocycles. The van der Waals surface area contributed by atoms with Crippen molar-refractivity contribution in [3.63, 3.8) is 0 Å². The number of alkyl halides is 3. The number of ketones is 1. The minimum absolute atomic E-state index is 0.0890. The maximum atomic E-state index is 13.0. The highest BCUT2D eigenvalue weighted by molar-refractivity contribution is 5.97. The van der Waals surface area contributed by atoms with Crippen LogP contribution in [0.1, 0.15) is 71.5 Å². The molecule has 0 radical (unpaired) electrons. The molecule has 0 spiro atoms. The smallest absolute Gasteiger partial charge is 0.293 e. The fourth-order valence-electron chi connectivity index (χ4n) is 4.68. The Morgan fingerprint density at radius 2 is 1.74 bits per heavy atom. The first-order valence-electron chi connectivity index (χ1n) is 11.1. The molecule has 2 aromatic rings. The Kier molecular flexibility index (Phi) is 6.61. The quantitative estimate of drug-likeness (QED) is 0.494. The molecule has 0 unspecified atom stereocenters. The number of Topliss-reactive ketones (excluding diaryl/α,β-unsaturated/α-hetero) is 1. The van der Waals surface area contributed by atoms with Crippen molar-refractivity contribution in [1.29, 1.82) is 0 Å². The van der Waals surface area contributed by atoms with E-state index in [4.69, 9.17) is 0 Å². The number of halogens is 3. The molecule has 2 aromatic carbocycles. The Morgan fingerprint density at radius 3 is 2.39 bits per heavy atom. The first-order valence-corrected chi connectivity index (χ1v) is 11.1. The van der Waals surface area contributed by atoms with E-state index < -0.39 is 11.7 Å². The molecule has 0 amide bonds. The predicted molar refractivity (Wildman–Crippen MR) is 117 cm³/mol. The molecule has 164 valence electrons. The Morgan fingerprint density at radius 1 is 1.00 bits per heavy atom. The number of benzene rings is 2. The van der Waals surface area contributed by atoms with Gasteiger partial charge in [0.1, 0.15) is 0 Å². The summed E-state index contributed by atoms with van der Waals surface area (Å²) in [6.45, 7) is 1.56. The summed E-state index contributed by atoms with van der Waals surface area (Å²) in [5.74, 6) is 0.713. The molecule has 31 heavy (non-hydrogen) atoms. The van der Waals surface area contributed by atoms with E-state index in [2.05, 4.69) is 17.0 Å². The summed E-state index contributed by atoms with van der Waals surface area (Å²) in [7, 11) is 0. The van der Waals surface area contributed by atoms with Gasteiger partial charge in [0.15, 0.2) is 5.78 Å². The molecule has 2 aliphatic rings. The zero-order valence-corrected chi connectivity index (χ0v) is 17.6. The summed E-state index contributed by atoms with van der Waals surface area (Å²) in [4.78, 5) is 14.8.